The van der Waals surface area contributed by atoms with Crippen molar-refractivity contribution in [2.24, 2.45) is 0 Å². The molecule has 26 heavy (non-hydrogen) atoms. The van der Waals surface area contributed by atoms with Crippen LogP contribution in [0.25, 0.3) is 5.69 Å². The molecule has 136 valence electrons. The molecule has 0 unspecified atom stereocenters. The van der Waals surface area contributed by atoms with Gasteiger partial charge in [0, 0.05) is 13.0 Å². The lowest BCUT2D eigenvalue weighted by Crippen LogP contribution is -2.27. The van der Waals surface area contributed by atoms with Crippen LogP contribution in [0.5, 0.6) is 0 Å². The van der Waals surface area contributed by atoms with E-state index in [1.807, 2.05) is 25.1 Å². The van der Waals surface area contributed by atoms with Gasteiger partial charge in [-0.25, -0.2) is 9.67 Å². The highest BCUT2D eigenvalue weighted by Crippen LogP contribution is 2.23. The minimum atomic E-state index is -0.329. The summed E-state index contributed by atoms with van der Waals surface area (Å²) in [5.74, 6) is 1.88. The van der Waals surface area contributed by atoms with Gasteiger partial charge in [-0.15, -0.1) is 5.10 Å². The predicted octanol–water partition coefficient (Wildman–Crippen LogP) is 2.36. The Labute approximate surface area is 151 Å². The van der Waals surface area contributed by atoms with E-state index in [0.717, 1.165) is 11.3 Å². The molecule has 8 nitrogen and oxygen atoms in total. The van der Waals surface area contributed by atoms with Gasteiger partial charge in [0.25, 0.3) is 5.91 Å². The van der Waals surface area contributed by atoms with E-state index in [1.165, 1.54) is 0 Å². The third-order valence-electron chi connectivity index (χ3n) is 3.95. The van der Waals surface area contributed by atoms with E-state index in [2.05, 4.69) is 45.5 Å². The summed E-state index contributed by atoms with van der Waals surface area (Å²) in [5, 5.41) is 10.9. The number of hydrogen-bond acceptors (Lipinski definition) is 6. The zero-order valence-electron chi connectivity index (χ0n) is 15.4. The van der Waals surface area contributed by atoms with Gasteiger partial charge in [0.1, 0.15) is 5.82 Å². The molecule has 0 aliphatic rings. The zero-order valence-corrected chi connectivity index (χ0v) is 15.4. The van der Waals surface area contributed by atoms with Gasteiger partial charge in [-0.2, -0.15) is 4.98 Å². The standard InChI is InChI=1S/C18H22N6O2/c1-11(2)14-7-5-6-8-15(14)24-13(4)21-17(22-24)18(25)19-10-9-16-20-12(3)23-26-16/h5-8,11H,9-10H2,1-4H3,(H,19,25). The lowest BCUT2D eigenvalue weighted by molar-refractivity contribution is 0.0943. The molecule has 0 saturated heterocycles. The molecule has 0 aliphatic heterocycles. The molecule has 0 radical (unpaired) electrons. The van der Waals surface area contributed by atoms with E-state index < -0.39 is 0 Å². The second-order valence-electron chi connectivity index (χ2n) is 6.35. The fourth-order valence-corrected chi connectivity index (χ4v) is 2.69. The molecule has 0 fully saturated rings. The number of benzene rings is 1. The molecular weight excluding hydrogens is 332 g/mol. The van der Waals surface area contributed by atoms with Crippen molar-refractivity contribution >= 4 is 5.91 Å². The lowest BCUT2D eigenvalue weighted by Gasteiger charge is -2.12. The van der Waals surface area contributed by atoms with E-state index >= 15 is 0 Å². The van der Waals surface area contributed by atoms with Crippen molar-refractivity contribution in [2.45, 2.75) is 40.0 Å². The van der Waals surface area contributed by atoms with Crippen LogP contribution in [0, 0.1) is 13.8 Å². The van der Waals surface area contributed by atoms with E-state index in [-0.39, 0.29) is 11.7 Å². The Morgan fingerprint density at radius 3 is 2.69 bits per heavy atom. The van der Waals surface area contributed by atoms with Crippen molar-refractivity contribution in [1.29, 1.82) is 0 Å². The number of para-hydroxylation sites is 1. The van der Waals surface area contributed by atoms with Crippen LogP contribution < -0.4 is 5.32 Å². The van der Waals surface area contributed by atoms with Crippen molar-refractivity contribution in [3.05, 3.63) is 53.2 Å². The summed E-state index contributed by atoms with van der Waals surface area (Å²) < 4.78 is 6.73. The normalized spacial score (nSPS) is 11.1. The Hall–Kier alpha value is -3.03. The van der Waals surface area contributed by atoms with Gasteiger partial charge in [-0.3, -0.25) is 4.79 Å². The van der Waals surface area contributed by atoms with E-state index in [0.29, 0.717) is 36.4 Å². The highest BCUT2D eigenvalue weighted by atomic mass is 16.5. The number of rotatable bonds is 6. The average molecular weight is 354 g/mol. The first kappa shape index (κ1) is 17.8. The number of carbonyl (C=O) groups excluding carboxylic acids is 1. The highest BCUT2D eigenvalue weighted by Gasteiger charge is 2.17. The van der Waals surface area contributed by atoms with Crippen molar-refractivity contribution in [1.82, 2.24) is 30.2 Å². The summed E-state index contributed by atoms with van der Waals surface area (Å²) in [5.41, 5.74) is 2.09. The molecule has 3 rings (SSSR count). The van der Waals surface area contributed by atoms with Gasteiger partial charge in [0.05, 0.1) is 5.69 Å². The molecular formula is C18H22N6O2. The van der Waals surface area contributed by atoms with Crippen molar-refractivity contribution in [3.63, 3.8) is 0 Å². The minimum absolute atomic E-state index is 0.141. The summed E-state index contributed by atoms with van der Waals surface area (Å²) >= 11 is 0. The summed E-state index contributed by atoms with van der Waals surface area (Å²) in [6.07, 6.45) is 0.461. The third kappa shape index (κ3) is 3.79. The number of hydrogen-bond donors (Lipinski definition) is 1. The Morgan fingerprint density at radius 1 is 1.23 bits per heavy atom. The minimum Gasteiger partial charge on any atom is -0.349 e. The van der Waals surface area contributed by atoms with Crippen LogP contribution >= 0.6 is 0 Å². The molecule has 0 atom stereocenters. The molecule has 1 aromatic carbocycles. The van der Waals surface area contributed by atoms with Crippen LogP contribution in [0.4, 0.5) is 0 Å². The molecule has 0 spiro atoms. The summed E-state index contributed by atoms with van der Waals surface area (Å²) in [6, 6.07) is 8.00. The van der Waals surface area contributed by atoms with Crippen LogP contribution in [-0.4, -0.2) is 37.4 Å². The van der Waals surface area contributed by atoms with Gasteiger partial charge < -0.3 is 9.84 Å². The molecule has 2 aromatic heterocycles. The largest absolute Gasteiger partial charge is 0.349 e. The third-order valence-corrected chi connectivity index (χ3v) is 3.95. The maximum absolute atomic E-state index is 12.3. The number of amides is 1. The Bertz CT molecular complexity index is 912. The van der Waals surface area contributed by atoms with E-state index in [1.54, 1.807) is 11.6 Å². The van der Waals surface area contributed by atoms with Gasteiger partial charge in [-0.05, 0) is 31.4 Å². The SMILES string of the molecule is Cc1noc(CCNC(=O)c2nc(C)n(-c3ccccc3C(C)C)n2)n1. The Morgan fingerprint density at radius 2 is 2.00 bits per heavy atom. The van der Waals surface area contributed by atoms with Gasteiger partial charge in [0.15, 0.2) is 5.82 Å². The molecule has 0 saturated carbocycles. The molecule has 1 N–H and O–H groups in total. The van der Waals surface area contributed by atoms with Gasteiger partial charge in [0.2, 0.25) is 11.7 Å². The summed E-state index contributed by atoms with van der Waals surface area (Å²) in [6.45, 7) is 8.20. The Balaban J connectivity index is 1.72. The summed E-state index contributed by atoms with van der Waals surface area (Å²) in [4.78, 5) is 20.7. The highest BCUT2D eigenvalue weighted by molar-refractivity contribution is 5.90. The number of nitrogens with zero attached hydrogens (tertiary/aromatic N) is 5. The quantitative estimate of drug-likeness (QED) is 0.729. The number of nitrogens with one attached hydrogen (secondary N) is 1. The maximum atomic E-state index is 12.3. The second-order valence-corrected chi connectivity index (χ2v) is 6.35. The van der Waals surface area contributed by atoms with Crippen molar-refractivity contribution in [2.75, 3.05) is 6.54 Å². The Kier molecular flexibility index (Phi) is 5.11. The predicted molar refractivity (Wildman–Crippen MR) is 95.3 cm³/mol. The first-order valence-electron chi connectivity index (χ1n) is 8.56. The monoisotopic (exact) mass is 354 g/mol. The molecule has 0 bridgehead atoms. The maximum Gasteiger partial charge on any atom is 0.290 e. The fraction of sp³-hybridized carbons (Fsp3) is 0.389. The number of aromatic nitrogens is 5. The average Bonchev–Trinajstić information content (AvgIpc) is 3.20. The van der Waals surface area contributed by atoms with Crippen molar-refractivity contribution < 1.29 is 9.32 Å². The van der Waals surface area contributed by atoms with Gasteiger partial charge >= 0.3 is 0 Å². The second kappa shape index (κ2) is 7.47. The first-order chi connectivity index (χ1) is 12.5. The van der Waals surface area contributed by atoms with Crippen LogP contribution in [0.1, 0.15) is 53.5 Å². The molecule has 1 amide bonds. The van der Waals surface area contributed by atoms with Crippen molar-refractivity contribution in [3.8, 4) is 5.69 Å². The smallest absolute Gasteiger partial charge is 0.290 e. The molecule has 2 heterocycles. The van der Waals surface area contributed by atoms with E-state index in [9.17, 15) is 4.79 Å². The topological polar surface area (TPSA) is 98.7 Å². The summed E-state index contributed by atoms with van der Waals surface area (Å²) in [7, 11) is 0. The van der Waals surface area contributed by atoms with E-state index in [4.69, 9.17) is 4.52 Å². The zero-order chi connectivity index (χ0) is 18.7. The fourth-order valence-electron chi connectivity index (χ4n) is 2.69. The van der Waals surface area contributed by atoms with Crippen LogP contribution in [0.2, 0.25) is 0 Å². The lowest BCUT2D eigenvalue weighted by atomic mass is 10.0. The van der Waals surface area contributed by atoms with Crippen LogP contribution in [-0.2, 0) is 6.42 Å². The van der Waals surface area contributed by atoms with Crippen LogP contribution in [0.15, 0.2) is 28.8 Å². The molecule has 3 aromatic rings. The molecule has 0 aliphatic carbocycles. The van der Waals surface area contributed by atoms with Crippen LogP contribution in [0.3, 0.4) is 0 Å². The number of carbonyl (C=O) groups is 1. The first-order valence-corrected chi connectivity index (χ1v) is 8.56. The number of aryl methyl sites for hydroxylation is 2. The van der Waals surface area contributed by atoms with Gasteiger partial charge in [-0.1, -0.05) is 37.2 Å². The molecule has 8 heteroatoms.